The number of likely N-dealkylation sites (tertiary alicyclic amines) is 1. The monoisotopic (exact) mass is 253 g/mol. The molecule has 0 bridgehead atoms. The average Bonchev–Trinajstić information content (AvgIpc) is 2.85. The minimum absolute atomic E-state index is 0.0250. The van der Waals surface area contributed by atoms with Crippen LogP contribution in [-0.2, 0) is 4.79 Å². The second kappa shape index (κ2) is 5.92. The average molecular weight is 254 g/mol. The number of nitrogens with zero attached hydrogens (tertiary/aromatic N) is 1. The SMILES string of the molecule is O=C(COc1ccccc1)N1CCCC1CCl. The number of benzene rings is 1. The maximum Gasteiger partial charge on any atom is 0.260 e. The summed E-state index contributed by atoms with van der Waals surface area (Å²) in [7, 11) is 0. The van der Waals surface area contributed by atoms with E-state index >= 15 is 0 Å². The molecule has 1 saturated heterocycles. The lowest BCUT2D eigenvalue weighted by atomic mass is 10.2. The molecule has 0 radical (unpaired) electrons. The van der Waals surface area contributed by atoms with Gasteiger partial charge in [0.05, 0.1) is 0 Å². The van der Waals surface area contributed by atoms with E-state index in [-0.39, 0.29) is 18.6 Å². The van der Waals surface area contributed by atoms with E-state index in [2.05, 4.69) is 0 Å². The van der Waals surface area contributed by atoms with Crippen LogP contribution in [0.15, 0.2) is 30.3 Å². The van der Waals surface area contributed by atoms with Crippen molar-refractivity contribution < 1.29 is 9.53 Å². The third kappa shape index (κ3) is 3.13. The number of ether oxygens (including phenoxy) is 1. The van der Waals surface area contributed by atoms with Crippen LogP contribution in [0.4, 0.5) is 0 Å². The van der Waals surface area contributed by atoms with Crippen LogP contribution >= 0.6 is 11.6 Å². The zero-order chi connectivity index (χ0) is 12.1. The molecule has 4 heteroatoms. The van der Waals surface area contributed by atoms with E-state index in [1.807, 2.05) is 35.2 Å². The smallest absolute Gasteiger partial charge is 0.260 e. The maximum absolute atomic E-state index is 11.9. The minimum atomic E-state index is 0.0250. The molecule has 1 unspecified atom stereocenters. The Hall–Kier alpha value is -1.22. The van der Waals surface area contributed by atoms with Gasteiger partial charge in [0, 0.05) is 18.5 Å². The lowest BCUT2D eigenvalue weighted by Gasteiger charge is -2.22. The molecular formula is C13H16ClNO2. The minimum Gasteiger partial charge on any atom is -0.484 e. The van der Waals surface area contributed by atoms with Crippen LogP contribution in [0.1, 0.15) is 12.8 Å². The Bertz CT molecular complexity index is 369. The van der Waals surface area contributed by atoms with Crippen LogP contribution in [0.3, 0.4) is 0 Å². The number of para-hydroxylation sites is 1. The van der Waals surface area contributed by atoms with Gasteiger partial charge in [-0.25, -0.2) is 0 Å². The van der Waals surface area contributed by atoms with Gasteiger partial charge < -0.3 is 9.64 Å². The highest BCUT2D eigenvalue weighted by molar-refractivity contribution is 6.18. The lowest BCUT2D eigenvalue weighted by Crippen LogP contribution is -2.39. The number of amides is 1. The van der Waals surface area contributed by atoms with E-state index in [9.17, 15) is 4.79 Å². The summed E-state index contributed by atoms with van der Waals surface area (Å²) >= 11 is 5.83. The van der Waals surface area contributed by atoms with Gasteiger partial charge in [0.2, 0.25) is 0 Å². The van der Waals surface area contributed by atoms with E-state index in [1.165, 1.54) is 0 Å². The van der Waals surface area contributed by atoms with E-state index < -0.39 is 0 Å². The zero-order valence-corrected chi connectivity index (χ0v) is 10.4. The molecule has 1 heterocycles. The van der Waals surface area contributed by atoms with Gasteiger partial charge in [0.15, 0.2) is 6.61 Å². The Morgan fingerprint density at radius 2 is 2.18 bits per heavy atom. The van der Waals surface area contributed by atoms with Crippen molar-refractivity contribution >= 4 is 17.5 Å². The fourth-order valence-electron chi connectivity index (χ4n) is 2.07. The molecule has 1 amide bonds. The van der Waals surface area contributed by atoms with Gasteiger partial charge >= 0.3 is 0 Å². The number of rotatable bonds is 4. The molecule has 0 aromatic heterocycles. The predicted octanol–water partition coefficient (Wildman–Crippen LogP) is 2.30. The molecule has 1 atom stereocenters. The number of hydrogen-bond acceptors (Lipinski definition) is 2. The molecule has 0 saturated carbocycles. The van der Waals surface area contributed by atoms with Gasteiger partial charge in [-0.3, -0.25) is 4.79 Å². The van der Waals surface area contributed by atoms with E-state index in [0.29, 0.717) is 5.88 Å². The van der Waals surface area contributed by atoms with E-state index in [0.717, 1.165) is 25.1 Å². The summed E-state index contributed by atoms with van der Waals surface area (Å²) in [6.45, 7) is 0.895. The van der Waals surface area contributed by atoms with Gasteiger partial charge in [-0.2, -0.15) is 0 Å². The second-order valence-electron chi connectivity index (χ2n) is 4.14. The Labute approximate surface area is 106 Å². The lowest BCUT2D eigenvalue weighted by molar-refractivity contribution is -0.133. The summed E-state index contributed by atoms with van der Waals surface area (Å²) in [5.74, 6) is 1.26. The van der Waals surface area contributed by atoms with E-state index in [1.54, 1.807) is 0 Å². The van der Waals surface area contributed by atoms with Gasteiger partial charge in [-0.05, 0) is 25.0 Å². The normalized spacial score (nSPS) is 19.4. The molecule has 1 aromatic carbocycles. The number of carbonyl (C=O) groups excluding carboxylic acids is 1. The molecule has 92 valence electrons. The third-order valence-electron chi connectivity index (χ3n) is 2.98. The number of halogens is 1. The first-order valence-corrected chi connectivity index (χ1v) is 6.38. The Morgan fingerprint density at radius 3 is 2.88 bits per heavy atom. The van der Waals surface area contributed by atoms with Crippen molar-refractivity contribution in [3.05, 3.63) is 30.3 Å². The van der Waals surface area contributed by atoms with Crippen molar-refractivity contribution in [2.45, 2.75) is 18.9 Å². The number of alkyl halides is 1. The molecule has 2 rings (SSSR count). The summed E-state index contributed by atoms with van der Waals surface area (Å²) in [6, 6.07) is 9.56. The topological polar surface area (TPSA) is 29.5 Å². The summed E-state index contributed by atoms with van der Waals surface area (Å²) in [5, 5.41) is 0. The van der Waals surface area contributed by atoms with Gasteiger partial charge in [0.25, 0.3) is 5.91 Å². The summed E-state index contributed by atoms with van der Waals surface area (Å²) in [6.07, 6.45) is 2.04. The first kappa shape index (κ1) is 12.2. The Balaban J connectivity index is 1.85. The zero-order valence-electron chi connectivity index (χ0n) is 9.64. The Kier molecular flexibility index (Phi) is 4.26. The Morgan fingerprint density at radius 1 is 1.41 bits per heavy atom. The summed E-state index contributed by atoms with van der Waals surface area (Å²) in [5.41, 5.74) is 0. The molecular weight excluding hydrogens is 238 g/mol. The van der Waals surface area contributed by atoms with Gasteiger partial charge in [0.1, 0.15) is 5.75 Å². The predicted molar refractivity (Wildman–Crippen MR) is 67.4 cm³/mol. The highest BCUT2D eigenvalue weighted by Gasteiger charge is 2.27. The van der Waals surface area contributed by atoms with Crippen molar-refractivity contribution in [2.75, 3.05) is 19.0 Å². The van der Waals surface area contributed by atoms with Gasteiger partial charge in [-0.15, -0.1) is 11.6 Å². The fraction of sp³-hybridized carbons (Fsp3) is 0.462. The number of hydrogen-bond donors (Lipinski definition) is 0. The van der Waals surface area contributed by atoms with Crippen molar-refractivity contribution in [3.63, 3.8) is 0 Å². The molecule has 0 spiro atoms. The highest BCUT2D eigenvalue weighted by atomic mass is 35.5. The highest BCUT2D eigenvalue weighted by Crippen LogP contribution is 2.18. The second-order valence-corrected chi connectivity index (χ2v) is 4.45. The molecule has 0 aliphatic carbocycles. The first-order chi connectivity index (χ1) is 8.31. The molecule has 17 heavy (non-hydrogen) atoms. The quantitative estimate of drug-likeness (QED) is 0.771. The van der Waals surface area contributed by atoms with Crippen molar-refractivity contribution in [3.8, 4) is 5.75 Å². The van der Waals surface area contributed by atoms with Crippen LogP contribution in [0.25, 0.3) is 0 Å². The standard InChI is InChI=1S/C13H16ClNO2/c14-9-11-5-4-8-15(11)13(16)10-17-12-6-2-1-3-7-12/h1-3,6-7,11H,4-5,8-10H2. The molecule has 1 fully saturated rings. The molecule has 1 aliphatic heterocycles. The van der Waals surface area contributed by atoms with Crippen molar-refractivity contribution in [1.82, 2.24) is 4.90 Å². The molecule has 1 aromatic rings. The number of carbonyl (C=O) groups is 1. The van der Waals surface area contributed by atoms with Crippen molar-refractivity contribution in [2.24, 2.45) is 0 Å². The van der Waals surface area contributed by atoms with Crippen LogP contribution in [-0.4, -0.2) is 35.9 Å². The molecule has 3 nitrogen and oxygen atoms in total. The molecule has 0 N–H and O–H groups in total. The molecule has 1 aliphatic rings. The largest absolute Gasteiger partial charge is 0.484 e. The fourth-order valence-corrected chi connectivity index (χ4v) is 2.39. The van der Waals surface area contributed by atoms with Crippen LogP contribution in [0, 0.1) is 0 Å². The van der Waals surface area contributed by atoms with Crippen LogP contribution in [0.5, 0.6) is 5.75 Å². The van der Waals surface area contributed by atoms with Crippen molar-refractivity contribution in [1.29, 1.82) is 0 Å². The summed E-state index contributed by atoms with van der Waals surface area (Å²) in [4.78, 5) is 13.8. The van der Waals surface area contributed by atoms with Crippen LogP contribution < -0.4 is 4.74 Å². The third-order valence-corrected chi connectivity index (χ3v) is 3.34. The first-order valence-electron chi connectivity index (χ1n) is 5.84. The van der Waals surface area contributed by atoms with E-state index in [4.69, 9.17) is 16.3 Å². The summed E-state index contributed by atoms with van der Waals surface area (Å²) < 4.78 is 5.44. The van der Waals surface area contributed by atoms with Crippen LogP contribution in [0.2, 0.25) is 0 Å². The maximum atomic E-state index is 11.9. The van der Waals surface area contributed by atoms with Gasteiger partial charge in [-0.1, -0.05) is 18.2 Å².